The van der Waals surface area contributed by atoms with Crippen molar-refractivity contribution in [3.63, 3.8) is 0 Å². The van der Waals surface area contributed by atoms with Crippen molar-refractivity contribution in [2.24, 2.45) is 0 Å². The molecule has 0 bridgehead atoms. The van der Waals surface area contributed by atoms with Crippen molar-refractivity contribution in [3.05, 3.63) is 0 Å². The highest BCUT2D eigenvalue weighted by molar-refractivity contribution is 5.70. The van der Waals surface area contributed by atoms with Crippen molar-refractivity contribution in [3.8, 4) is 0 Å². The molecule has 0 atom stereocenters. The van der Waals surface area contributed by atoms with Gasteiger partial charge in [0.15, 0.2) is 6.61 Å². The van der Waals surface area contributed by atoms with E-state index in [4.69, 9.17) is 9.57 Å². The van der Waals surface area contributed by atoms with Crippen molar-refractivity contribution < 1.29 is 34.4 Å². The molecule has 2 N–H and O–H groups in total. The van der Waals surface area contributed by atoms with Crippen molar-refractivity contribution in [2.75, 3.05) is 26.3 Å². The lowest BCUT2D eigenvalue weighted by molar-refractivity contribution is -0.339. The van der Waals surface area contributed by atoms with Crippen LogP contribution in [0.3, 0.4) is 0 Å². The first-order valence-corrected chi connectivity index (χ1v) is 8.43. The average Bonchev–Trinajstić information content (AvgIpc) is 2.58. The van der Waals surface area contributed by atoms with Crippen molar-refractivity contribution in [2.45, 2.75) is 57.5 Å². The molecule has 1 fully saturated rings. The number of aldehydes is 1. The number of carbonyl (C=O) groups excluding carboxylic acids is 2. The van der Waals surface area contributed by atoms with Crippen LogP contribution in [0.5, 0.6) is 0 Å². The van der Waals surface area contributed by atoms with Gasteiger partial charge in [0.1, 0.15) is 19.0 Å². The third kappa shape index (κ3) is 10.6. The number of ether oxygens (including phenoxy) is 1. The quantitative estimate of drug-likeness (QED) is 0.221. The maximum absolute atomic E-state index is 11.6. The second-order valence-electron chi connectivity index (χ2n) is 5.70. The van der Waals surface area contributed by atoms with Gasteiger partial charge in [0, 0.05) is 0 Å². The molecule has 0 heterocycles. The highest BCUT2D eigenvalue weighted by atomic mass is 16.9. The van der Waals surface area contributed by atoms with Crippen LogP contribution >= 0.6 is 0 Å². The van der Waals surface area contributed by atoms with E-state index in [-0.39, 0.29) is 32.4 Å². The molecule has 140 valence electrons. The van der Waals surface area contributed by atoms with E-state index in [0.29, 0.717) is 36.0 Å². The number of nitrogens with zero attached hydrogens (tertiary/aromatic N) is 2. The molecule has 0 radical (unpaired) electrons. The second kappa shape index (κ2) is 13.2. The van der Waals surface area contributed by atoms with Gasteiger partial charge in [-0.3, -0.25) is 20.1 Å². The lowest BCUT2D eigenvalue weighted by Gasteiger charge is -2.22. The van der Waals surface area contributed by atoms with Crippen molar-refractivity contribution in [1.82, 2.24) is 10.5 Å². The predicted molar refractivity (Wildman–Crippen MR) is 81.8 cm³/mol. The minimum absolute atomic E-state index is 0.0233. The van der Waals surface area contributed by atoms with E-state index in [0.717, 1.165) is 25.7 Å². The molecule has 0 spiro atoms. The Morgan fingerprint density at radius 1 is 1.00 bits per heavy atom. The van der Waals surface area contributed by atoms with Gasteiger partial charge in [-0.05, 0) is 38.5 Å². The Balaban J connectivity index is 1.96. The third-order valence-corrected chi connectivity index (χ3v) is 3.67. The van der Waals surface area contributed by atoms with Crippen LogP contribution in [0.15, 0.2) is 0 Å². The molecular formula is C15H28N2O7. The summed E-state index contributed by atoms with van der Waals surface area (Å²) < 4.78 is 5.27. The molecule has 0 aromatic heterocycles. The summed E-state index contributed by atoms with van der Waals surface area (Å²) >= 11 is 0. The Kier molecular flexibility index (Phi) is 11.5. The molecule has 0 unspecified atom stereocenters. The van der Waals surface area contributed by atoms with E-state index in [9.17, 15) is 20.0 Å². The fraction of sp³-hybridized carbons (Fsp3) is 0.867. The van der Waals surface area contributed by atoms with Crippen molar-refractivity contribution >= 4 is 12.3 Å². The van der Waals surface area contributed by atoms with Gasteiger partial charge in [-0.1, -0.05) is 23.3 Å². The highest BCUT2D eigenvalue weighted by Gasteiger charge is 2.18. The molecule has 0 aromatic carbocycles. The second-order valence-corrected chi connectivity index (χ2v) is 5.70. The molecule has 0 amide bonds. The Hall–Kier alpha value is -1.10. The van der Waals surface area contributed by atoms with Gasteiger partial charge in [0.05, 0.1) is 13.1 Å². The number of esters is 1. The third-order valence-electron chi connectivity index (χ3n) is 3.67. The van der Waals surface area contributed by atoms with Crippen LogP contribution < -0.4 is 0 Å². The predicted octanol–water partition coefficient (Wildman–Crippen LogP) is 1.48. The first-order chi connectivity index (χ1) is 11.6. The lowest BCUT2D eigenvalue weighted by atomic mass is 9.98. The van der Waals surface area contributed by atoms with Crippen LogP contribution in [0.4, 0.5) is 0 Å². The molecule has 0 aliphatic heterocycles. The van der Waals surface area contributed by atoms with E-state index >= 15 is 0 Å². The summed E-state index contributed by atoms with van der Waals surface area (Å²) in [6, 6.07) is 0. The molecule has 9 heteroatoms. The van der Waals surface area contributed by atoms with Crippen LogP contribution in [0.2, 0.25) is 0 Å². The first kappa shape index (κ1) is 20.9. The summed E-state index contributed by atoms with van der Waals surface area (Å²) in [4.78, 5) is 31.2. The fourth-order valence-corrected chi connectivity index (χ4v) is 2.45. The standard InChI is InChI=1S/C15H28N2O7/c18-11-12-22-16(20)9-5-2-6-10-17(21)23-13-15(19)24-14-7-3-1-4-8-14/h11,14,20-21H,1-10,12-13H2. The zero-order valence-corrected chi connectivity index (χ0v) is 14.0. The van der Waals surface area contributed by atoms with E-state index in [2.05, 4.69) is 4.84 Å². The minimum Gasteiger partial charge on any atom is -0.461 e. The van der Waals surface area contributed by atoms with E-state index in [1.165, 1.54) is 6.42 Å². The van der Waals surface area contributed by atoms with Crippen molar-refractivity contribution in [1.29, 1.82) is 0 Å². The van der Waals surface area contributed by atoms with Gasteiger partial charge in [-0.15, -0.1) is 0 Å². The molecular weight excluding hydrogens is 320 g/mol. The molecule has 0 aromatic rings. The smallest absolute Gasteiger partial charge is 0.334 e. The number of unbranched alkanes of at least 4 members (excludes halogenated alkanes) is 2. The lowest BCUT2D eigenvalue weighted by Crippen LogP contribution is -2.28. The van der Waals surface area contributed by atoms with Gasteiger partial charge in [-0.25, -0.2) is 4.79 Å². The summed E-state index contributed by atoms with van der Waals surface area (Å²) in [7, 11) is 0. The fourth-order valence-electron chi connectivity index (χ4n) is 2.45. The SMILES string of the molecule is O=CCON(O)CCCCCN(O)OCC(=O)OC1CCCCC1. The van der Waals surface area contributed by atoms with Crippen LogP contribution in [0.1, 0.15) is 51.4 Å². The van der Waals surface area contributed by atoms with Gasteiger partial charge in [-0.2, -0.15) is 0 Å². The minimum atomic E-state index is -0.468. The Labute approximate surface area is 141 Å². The summed E-state index contributed by atoms with van der Waals surface area (Å²) in [5.74, 6) is -0.468. The van der Waals surface area contributed by atoms with E-state index in [1.807, 2.05) is 0 Å². The van der Waals surface area contributed by atoms with Gasteiger partial charge >= 0.3 is 5.97 Å². The summed E-state index contributed by atoms with van der Waals surface area (Å²) in [5, 5.41) is 19.9. The molecule has 1 aliphatic carbocycles. The van der Waals surface area contributed by atoms with Crippen LogP contribution in [-0.2, 0) is 24.0 Å². The zero-order valence-electron chi connectivity index (χ0n) is 14.0. The van der Waals surface area contributed by atoms with Gasteiger partial charge in [0.25, 0.3) is 0 Å². The number of hydroxylamine groups is 4. The Bertz CT molecular complexity index is 351. The van der Waals surface area contributed by atoms with Crippen LogP contribution in [-0.4, -0.2) is 65.5 Å². The summed E-state index contributed by atoms with van der Waals surface area (Å²) in [6.45, 7) is -0.00611. The monoisotopic (exact) mass is 348 g/mol. The van der Waals surface area contributed by atoms with Gasteiger partial charge in [0.2, 0.25) is 0 Å². The highest BCUT2D eigenvalue weighted by Crippen LogP contribution is 2.20. The van der Waals surface area contributed by atoms with Crippen LogP contribution in [0.25, 0.3) is 0 Å². The van der Waals surface area contributed by atoms with E-state index < -0.39 is 5.97 Å². The average molecular weight is 348 g/mol. The summed E-state index contributed by atoms with van der Waals surface area (Å²) in [5.41, 5.74) is 0. The Morgan fingerprint density at radius 2 is 1.62 bits per heavy atom. The number of hydrogen-bond acceptors (Lipinski definition) is 9. The Morgan fingerprint density at radius 3 is 2.25 bits per heavy atom. The number of carbonyl (C=O) groups is 2. The molecule has 9 nitrogen and oxygen atoms in total. The number of rotatable bonds is 13. The molecule has 1 rings (SSSR count). The zero-order chi connectivity index (χ0) is 17.6. The molecule has 1 aliphatic rings. The molecule has 1 saturated carbocycles. The normalized spacial score (nSPS) is 15.8. The van der Waals surface area contributed by atoms with Crippen LogP contribution in [0, 0.1) is 0 Å². The van der Waals surface area contributed by atoms with Gasteiger partial charge < -0.3 is 9.53 Å². The topological polar surface area (TPSA) is 109 Å². The first-order valence-electron chi connectivity index (χ1n) is 8.43. The maximum Gasteiger partial charge on any atom is 0.334 e. The maximum atomic E-state index is 11.6. The number of hydrogen-bond donors (Lipinski definition) is 2. The molecule has 24 heavy (non-hydrogen) atoms. The van der Waals surface area contributed by atoms with E-state index in [1.54, 1.807) is 0 Å². The molecule has 0 saturated heterocycles. The largest absolute Gasteiger partial charge is 0.461 e. The summed E-state index contributed by atoms with van der Waals surface area (Å²) in [6.07, 6.45) is 7.59.